The molecular weight excluding hydrogens is 224 g/mol. The van der Waals surface area contributed by atoms with E-state index in [-0.39, 0.29) is 0 Å². The molecule has 4 nitrogen and oxygen atoms in total. The molecule has 2 rings (SSSR count). The van der Waals surface area contributed by atoms with Gasteiger partial charge in [-0.2, -0.15) is 5.10 Å². The Bertz CT molecular complexity index is 358. The second-order valence-corrected chi connectivity index (χ2v) is 5.45. The molecular formula is C14H26N4. The van der Waals surface area contributed by atoms with Crippen LogP contribution in [0.3, 0.4) is 0 Å². The summed E-state index contributed by atoms with van der Waals surface area (Å²) in [7, 11) is 4.22. The molecule has 1 aromatic rings. The van der Waals surface area contributed by atoms with E-state index < -0.39 is 0 Å². The number of likely N-dealkylation sites (N-methyl/N-ethyl adjacent to an activating group) is 2. The van der Waals surface area contributed by atoms with Gasteiger partial charge in [0.2, 0.25) is 0 Å². The van der Waals surface area contributed by atoms with Crippen LogP contribution in [0.15, 0.2) is 12.4 Å². The van der Waals surface area contributed by atoms with E-state index >= 15 is 0 Å². The van der Waals surface area contributed by atoms with Crippen LogP contribution in [0.1, 0.15) is 38.2 Å². The first-order chi connectivity index (χ1) is 8.70. The third-order valence-corrected chi connectivity index (χ3v) is 3.95. The zero-order chi connectivity index (χ0) is 13.0. The van der Waals surface area contributed by atoms with Crippen LogP contribution in [0.25, 0.3) is 0 Å². The van der Waals surface area contributed by atoms with E-state index in [1.54, 1.807) is 0 Å². The molecule has 1 heterocycles. The van der Waals surface area contributed by atoms with E-state index in [9.17, 15) is 0 Å². The molecule has 2 unspecified atom stereocenters. The van der Waals surface area contributed by atoms with Crippen molar-refractivity contribution >= 4 is 0 Å². The predicted molar refractivity (Wildman–Crippen MR) is 74.4 cm³/mol. The van der Waals surface area contributed by atoms with Crippen molar-refractivity contribution in [2.45, 2.75) is 51.2 Å². The minimum Gasteiger partial charge on any atom is -0.313 e. The smallest absolute Gasteiger partial charge is 0.0534 e. The van der Waals surface area contributed by atoms with Gasteiger partial charge in [-0.3, -0.25) is 9.58 Å². The summed E-state index contributed by atoms with van der Waals surface area (Å²) in [6.45, 7) is 4.27. The van der Waals surface area contributed by atoms with Gasteiger partial charge in [0.1, 0.15) is 0 Å². The van der Waals surface area contributed by atoms with Crippen LogP contribution >= 0.6 is 0 Å². The molecule has 1 saturated carbocycles. The summed E-state index contributed by atoms with van der Waals surface area (Å²) >= 11 is 0. The molecule has 0 amide bonds. The summed E-state index contributed by atoms with van der Waals surface area (Å²) in [5.41, 5.74) is 1.31. The fourth-order valence-electron chi connectivity index (χ4n) is 3.10. The van der Waals surface area contributed by atoms with Crippen molar-refractivity contribution in [3.05, 3.63) is 18.0 Å². The molecule has 102 valence electrons. The van der Waals surface area contributed by atoms with E-state index in [0.717, 1.165) is 13.1 Å². The average Bonchev–Trinajstić information content (AvgIpc) is 2.76. The van der Waals surface area contributed by atoms with Gasteiger partial charge in [0.25, 0.3) is 0 Å². The third kappa shape index (κ3) is 3.33. The molecule has 2 atom stereocenters. The number of aromatic nitrogens is 2. The number of hydrogen-bond donors (Lipinski definition) is 1. The highest BCUT2D eigenvalue weighted by molar-refractivity contribution is 5.04. The van der Waals surface area contributed by atoms with Crippen LogP contribution in [-0.2, 0) is 13.6 Å². The third-order valence-electron chi connectivity index (χ3n) is 3.95. The molecule has 1 aromatic heterocycles. The SMILES string of the molecule is CCNC1CCCCC1N(C)Cc1cnn(C)c1. The molecule has 1 aliphatic rings. The molecule has 18 heavy (non-hydrogen) atoms. The lowest BCUT2D eigenvalue weighted by Gasteiger charge is -2.38. The Morgan fingerprint density at radius 2 is 2.22 bits per heavy atom. The maximum atomic E-state index is 4.24. The first-order valence-corrected chi connectivity index (χ1v) is 7.12. The van der Waals surface area contributed by atoms with E-state index in [1.807, 2.05) is 17.9 Å². The first kappa shape index (κ1) is 13.6. The molecule has 0 aliphatic heterocycles. The van der Waals surface area contributed by atoms with Crippen molar-refractivity contribution in [1.82, 2.24) is 20.0 Å². The Morgan fingerprint density at radius 1 is 1.44 bits per heavy atom. The Balaban J connectivity index is 1.95. The van der Waals surface area contributed by atoms with Crippen molar-refractivity contribution < 1.29 is 0 Å². The Labute approximate surface area is 110 Å². The quantitative estimate of drug-likeness (QED) is 0.864. The predicted octanol–water partition coefficient (Wildman–Crippen LogP) is 1.77. The van der Waals surface area contributed by atoms with Crippen molar-refractivity contribution in [1.29, 1.82) is 0 Å². The van der Waals surface area contributed by atoms with Gasteiger partial charge in [-0.25, -0.2) is 0 Å². The first-order valence-electron chi connectivity index (χ1n) is 7.12. The number of nitrogens with zero attached hydrogens (tertiary/aromatic N) is 3. The van der Waals surface area contributed by atoms with Gasteiger partial charge < -0.3 is 5.32 Å². The highest BCUT2D eigenvalue weighted by Crippen LogP contribution is 2.23. The second kappa shape index (κ2) is 6.34. The number of hydrogen-bond acceptors (Lipinski definition) is 3. The van der Waals surface area contributed by atoms with Gasteiger partial charge in [-0.05, 0) is 26.4 Å². The number of rotatable bonds is 5. The van der Waals surface area contributed by atoms with Crippen LogP contribution in [0.2, 0.25) is 0 Å². The van der Waals surface area contributed by atoms with Gasteiger partial charge in [-0.15, -0.1) is 0 Å². The van der Waals surface area contributed by atoms with Crippen LogP contribution < -0.4 is 5.32 Å². The monoisotopic (exact) mass is 250 g/mol. The lowest BCUT2D eigenvalue weighted by molar-refractivity contribution is 0.144. The maximum Gasteiger partial charge on any atom is 0.0534 e. The summed E-state index contributed by atoms with van der Waals surface area (Å²) in [6, 6.07) is 1.32. The van der Waals surface area contributed by atoms with Crippen molar-refractivity contribution in [2.24, 2.45) is 7.05 Å². The lowest BCUT2D eigenvalue weighted by atomic mass is 9.89. The second-order valence-electron chi connectivity index (χ2n) is 5.45. The normalized spacial score (nSPS) is 24.7. The lowest BCUT2D eigenvalue weighted by Crippen LogP contribution is -2.50. The highest BCUT2D eigenvalue weighted by Gasteiger charge is 2.27. The summed E-state index contributed by atoms with van der Waals surface area (Å²) in [5, 5.41) is 7.89. The van der Waals surface area contributed by atoms with Crippen LogP contribution in [0.5, 0.6) is 0 Å². The van der Waals surface area contributed by atoms with Crippen LogP contribution in [-0.4, -0.2) is 40.4 Å². The molecule has 0 aromatic carbocycles. The van der Waals surface area contributed by atoms with E-state index in [4.69, 9.17) is 0 Å². The van der Waals surface area contributed by atoms with Crippen molar-refractivity contribution in [3.8, 4) is 0 Å². The molecule has 1 fully saturated rings. The Morgan fingerprint density at radius 3 is 2.89 bits per heavy atom. The standard InChI is InChI=1S/C14H26N4/c1-4-15-13-7-5-6-8-14(13)17(2)10-12-9-16-18(3)11-12/h9,11,13-15H,4-8,10H2,1-3H3. The van der Waals surface area contributed by atoms with E-state index in [2.05, 4.69) is 35.5 Å². The molecule has 0 bridgehead atoms. The van der Waals surface area contributed by atoms with E-state index in [1.165, 1.54) is 31.2 Å². The minimum atomic E-state index is 0.658. The van der Waals surface area contributed by atoms with Gasteiger partial charge in [0.05, 0.1) is 6.20 Å². The Hall–Kier alpha value is -0.870. The average molecular weight is 250 g/mol. The largest absolute Gasteiger partial charge is 0.313 e. The number of nitrogens with one attached hydrogen (secondary N) is 1. The molecule has 1 aliphatic carbocycles. The fraction of sp³-hybridized carbons (Fsp3) is 0.786. The fourth-order valence-corrected chi connectivity index (χ4v) is 3.10. The van der Waals surface area contributed by atoms with Crippen molar-refractivity contribution in [3.63, 3.8) is 0 Å². The minimum absolute atomic E-state index is 0.658. The molecule has 4 heteroatoms. The molecule has 0 spiro atoms. The number of aryl methyl sites for hydroxylation is 1. The van der Waals surface area contributed by atoms with Gasteiger partial charge in [-0.1, -0.05) is 19.8 Å². The van der Waals surface area contributed by atoms with Gasteiger partial charge in [0.15, 0.2) is 0 Å². The summed E-state index contributed by atoms with van der Waals surface area (Å²) in [5.74, 6) is 0. The molecule has 1 N–H and O–H groups in total. The zero-order valence-electron chi connectivity index (χ0n) is 11.9. The summed E-state index contributed by atoms with van der Waals surface area (Å²) in [4.78, 5) is 2.49. The maximum absolute atomic E-state index is 4.24. The van der Waals surface area contributed by atoms with Gasteiger partial charge in [0, 0.05) is 37.4 Å². The van der Waals surface area contributed by atoms with E-state index in [0.29, 0.717) is 12.1 Å². The highest BCUT2D eigenvalue weighted by atomic mass is 15.2. The summed E-state index contributed by atoms with van der Waals surface area (Å²) < 4.78 is 1.88. The topological polar surface area (TPSA) is 33.1 Å². The van der Waals surface area contributed by atoms with Crippen molar-refractivity contribution in [2.75, 3.05) is 13.6 Å². The molecule has 0 radical (unpaired) electrons. The Kier molecular flexibility index (Phi) is 4.78. The van der Waals surface area contributed by atoms with Crippen LogP contribution in [0.4, 0.5) is 0 Å². The van der Waals surface area contributed by atoms with Gasteiger partial charge >= 0.3 is 0 Å². The van der Waals surface area contributed by atoms with Crippen LogP contribution in [0, 0.1) is 0 Å². The molecule has 0 saturated heterocycles. The zero-order valence-corrected chi connectivity index (χ0v) is 11.9. The summed E-state index contributed by atoms with van der Waals surface area (Å²) in [6.07, 6.45) is 9.45.